The van der Waals surface area contributed by atoms with Gasteiger partial charge >= 0.3 is 0 Å². The first kappa shape index (κ1) is 11.6. The van der Waals surface area contributed by atoms with Crippen molar-refractivity contribution < 1.29 is 0 Å². The van der Waals surface area contributed by atoms with Crippen molar-refractivity contribution in [2.75, 3.05) is 18.5 Å². The molecule has 0 bridgehead atoms. The largest absolute Gasteiger partial charge is 0.341 e. The molecule has 0 saturated heterocycles. The zero-order chi connectivity index (χ0) is 10.6. The van der Waals surface area contributed by atoms with Crippen molar-refractivity contribution in [3.05, 3.63) is 16.0 Å². The second-order valence-corrected chi connectivity index (χ2v) is 4.48. The second-order valence-electron chi connectivity index (χ2n) is 3.24. The van der Waals surface area contributed by atoms with E-state index in [4.69, 9.17) is 5.73 Å². The van der Waals surface area contributed by atoms with Gasteiger partial charge in [-0.1, -0.05) is 0 Å². The van der Waals surface area contributed by atoms with E-state index in [-0.39, 0.29) is 0 Å². The third kappa shape index (κ3) is 3.06. The Balaban J connectivity index is 2.68. The van der Waals surface area contributed by atoms with E-state index in [0.29, 0.717) is 12.6 Å². The van der Waals surface area contributed by atoms with E-state index in [9.17, 15) is 0 Å². The summed E-state index contributed by atoms with van der Waals surface area (Å²) in [5.74, 6) is 0.756. The van der Waals surface area contributed by atoms with Crippen molar-refractivity contribution in [2.24, 2.45) is 5.73 Å². The molecule has 14 heavy (non-hydrogen) atoms. The van der Waals surface area contributed by atoms with Crippen LogP contribution in [-0.2, 0) is 0 Å². The summed E-state index contributed by atoms with van der Waals surface area (Å²) in [5.41, 5.74) is 5.50. The molecule has 0 radical (unpaired) electrons. The van der Waals surface area contributed by atoms with E-state index in [1.165, 1.54) is 0 Å². The summed E-state index contributed by atoms with van der Waals surface area (Å²) in [7, 11) is 1.99. The van der Waals surface area contributed by atoms with Crippen molar-refractivity contribution >= 4 is 28.5 Å². The van der Waals surface area contributed by atoms with Gasteiger partial charge in [0.25, 0.3) is 0 Å². The molecular weight excluding hydrogens is 291 g/mol. The van der Waals surface area contributed by atoms with Crippen LogP contribution in [0.4, 0.5) is 5.95 Å². The van der Waals surface area contributed by atoms with Crippen LogP contribution in [0.1, 0.15) is 13.3 Å². The number of halogens is 1. The quantitative estimate of drug-likeness (QED) is 0.851. The van der Waals surface area contributed by atoms with Gasteiger partial charge < -0.3 is 10.6 Å². The SMILES string of the molecule is CC(CCN)N(C)c1ncc(I)cn1. The maximum absolute atomic E-state index is 5.50. The summed E-state index contributed by atoms with van der Waals surface area (Å²) in [5, 5.41) is 0. The molecule has 5 heteroatoms. The molecule has 0 fully saturated rings. The molecule has 0 saturated carbocycles. The van der Waals surface area contributed by atoms with Crippen LogP contribution in [-0.4, -0.2) is 29.6 Å². The Labute approximate surface area is 98.1 Å². The molecule has 0 spiro atoms. The zero-order valence-electron chi connectivity index (χ0n) is 8.44. The average molecular weight is 306 g/mol. The molecule has 1 aromatic rings. The zero-order valence-corrected chi connectivity index (χ0v) is 10.6. The molecule has 0 aliphatic rings. The standard InChI is InChI=1S/C9H15IN4/c1-7(3-4-11)14(2)9-12-5-8(10)6-13-9/h5-7H,3-4,11H2,1-2H3. The number of aromatic nitrogens is 2. The molecule has 1 rings (SSSR count). The molecular formula is C9H15IN4. The summed E-state index contributed by atoms with van der Waals surface area (Å²) in [4.78, 5) is 10.5. The molecule has 2 N–H and O–H groups in total. The summed E-state index contributed by atoms with van der Waals surface area (Å²) < 4.78 is 1.05. The minimum atomic E-state index is 0.375. The molecule has 1 atom stereocenters. The first-order valence-corrected chi connectivity index (χ1v) is 5.63. The lowest BCUT2D eigenvalue weighted by Gasteiger charge is -2.24. The number of anilines is 1. The van der Waals surface area contributed by atoms with Crippen LogP contribution in [0.15, 0.2) is 12.4 Å². The predicted octanol–water partition coefficient (Wildman–Crippen LogP) is 1.25. The topological polar surface area (TPSA) is 55.0 Å². The van der Waals surface area contributed by atoms with Gasteiger partial charge in [-0.3, -0.25) is 0 Å². The Kier molecular flexibility index (Phi) is 4.53. The van der Waals surface area contributed by atoms with Gasteiger partial charge in [0.1, 0.15) is 0 Å². The number of nitrogens with two attached hydrogens (primary N) is 1. The fourth-order valence-electron chi connectivity index (χ4n) is 1.12. The number of hydrogen-bond donors (Lipinski definition) is 1. The van der Waals surface area contributed by atoms with Crippen molar-refractivity contribution in [1.29, 1.82) is 0 Å². The third-order valence-electron chi connectivity index (χ3n) is 2.17. The fraction of sp³-hybridized carbons (Fsp3) is 0.556. The van der Waals surface area contributed by atoms with E-state index >= 15 is 0 Å². The highest BCUT2D eigenvalue weighted by atomic mass is 127. The van der Waals surface area contributed by atoms with E-state index in [1.54, 1.807) is 0 Å². The fourth-order valence-corrected chi connectivity index (χ4v) is 1.40. The van der Waals surface area contributed by atoms with E-state index < -0.39 is 0 Å². The molecule has 0 aliphatic carbocycles. The summed E-state index contributed by atoms with van der Waals surface area (Å²) in [6, 6.07) is 0.375. The number of rotatable bonds is 4. The van der Waals surface area contributed by atoms with Crippen LogP contribution >= 0.6 is 22.6 Å². The maximum Gasteiger partial charge on any atom is 0.225 e. The predicted molar refractivity (Wildman–Crippen MR) is 66.3 cm³/mol. The van der Waals surface area contributed by atoms with Gasteiger partial charge in [0.05, 0.1) is 0 Å². The second kappa shape index (κ2) is 5.45. The number of hydrogen-bond acceptors (Lipinski definition) is 4. The third-order valence-corrected chi connectivity index (χ3v) is 2.72. The van der Waals surface area contributed by atoms with Crippen LogP contribution in [0, 0.1) is 3.57 Å². The van der Waals surface area contributed by atoms with Gasteiger partial charge in [-0.05, 0) is 42.5 Å². The van der Waals surface area contributed by atoms with Crippen molar-refractivity contribution in [3.8, 4) is 0 Å². The van der Waals surface area contributed by atoms with Gasteiger partial charge in [0.2, 0.25) is 5.95 Å². The summed E-state index contributed by atoms with van der Waals surface area (Å²) in [6.07, 6.45) is 4.58. The highest BCUT2D eigenvalue weighted by molar-refractivity contribution is 14.1. The molecule has 1 unspecified atom stereocenters. The van der Waals surface area contributed by atoms with Crippen LogP contribution < -0.4 is 10.6 Å². The van der Waals surface area contributed by atoms with Gasteiger partial charge in [-0.15, -0.1) is 0 Å². The summed E-state index contributed by atoms with van der Waals surface area (Å²) in [6.45, 7) is 2.81. The van der Waals surface area contributed by atoms with Crippen molar-refractivity contribution in [3.63, 3.8) is 0 Å². The average Bonchev–Trinajstić information content (AvgIpc) is 2.18. The van der Waals surface area contributed by atoms with Crippen LogP contribution in [0.5, 0.6) is 0 Å². The first-order chi connectivity index (χ1) is 6.65. The van der Waals surface area contributed by atoms with Crippen molar-refractivity contribution in [1.82, 2.24) is 9.97 Å². The molecule has 0 amide bonds. The monoisotopic (exact) mass is 306 g/mol. The lowest BCUT2D eigenvalue weighted by molar-refractivity contribution is 0.622. The maximum atomic E-state index is 5.50. The number of nitrogens with zero attached hydrogens (tertiary/aromatic N) is 3. The Morgan fingerprint density at radius 1 is 1.50 bits per heavy atom. The normalized spacial score (nSPS) is 12.6. The Morgan fingerprint density at radius 3 is 2.57 bits per heavy atom. The van der Waals surface area contributed by atoms with Crippen molar-refractivity contribution in [2.45, 2.75) is 19.4 Å². The summed E-state index contributed by atoms with van der Waals surface area (Å²) >= 11 is 2.19. The lowest BCUT2D eigenvalue weighted by atomic mass is 10.2. The minimum absolute atomic E-state index is 0.375. The molecule has 1 heterocycles. The molecule has 1 aromatic heterocycles. The lowest BCUT2D eigenvalue weighted by Crippen LogP contribution is -2.32. The van der Waals surface area contributed by atoms with E-state index in [2.05, 4.69) is 39.5 Å². The van der Waals surface area contributed by atoms with Crippen LogP contribution in [0.25, 0.3) is 0 Å². The minimum Gasteiger partial charge on any atom is -0.341 e. The van der Waals surface area contributed by atoms with Gasteiger partial charge in [0, 0.05) is 29.1 Å². The van der Waals surface area contributed by atoms with E-state index in [0.717, 1.165) is 15.9 Å². The highest BCUT2D eigenvalue weighted by Gasteiger charge is 2.10. The van der Waals surface area contributed by atoms with E-state index in [1.807, 2.05) is 24.3 Å². The Hall–Kier alpha value is -0.430. The molecule has 78 valence electrons. The smallest absolute Gasteiger partial charge is 0.225 e. The molecule has 0 aliphatic heterocycles. The highest BCUT2D eigenvalue weighted by Crippen LogP contribution is 2.10. The van der Waals surface area contributed by atoms with Gasteiger partial charge in [-0.2, -0.15) is 0 Å². The van der Waals surface area contributed by atoms with Gasteiger partial charge in [0.15, 0.2) is 0 Å². The Morgan fingerprint density at radius 2 is 2.07 bits per heavy atom. The Bertz CT molecular complexity index is 275. The van der Waals surface area contributed by atoms with Crippen LogP contribution in [0.2, 0.25) is 0 Å². The first-order valence-electron chi connectivity index (χ1n) is 4.55. The van der Waals surface area contributed by atoms with Crippen LogP contribution in [0.3, 0.4) is 0 Å². The molecule has 4 nitrogen and oxygen atoms in total. The van der Waals surface area contributed by atoms with Gasteiger partial charge in [-0.25, -0.2) is 9.97 Å². The molecule has 0 aromatic carbocycles.